The minimum absolute atomic E-state index is 0.245. The molecule has 1 aliphatic rings. The first-order valence-corrected chi connectivity index (χ1v) is 6.10. The van der Waals surface area contributed by atoms with Crippen molar-refractivity contribution in [2.24, 2.45) is 0 Å². The van der Waals surface area contributed by atoms with E-state index in [-0.39, 0.29) is 6.04 Å². The Hall–Kier alpha value is -0.620. The summed E-state index contributed by atoms with van der Waals surface area (Å²) in [6, 6.07) is 0.245. The summed E-state index contributed by atoms with van der Waals surface area (Å²) in [5.41, 5.74) is 0. The molecule has 1 unspecified atom stereocenters. The molecular formula is C8H16NO4S+. The van der Waals surface area contributed by atoms with Crippen LogP contribution in [0.5, 0.6) is 0 Å². The molecule has 0 aromatic rings. The van der Waals surface area contributed by atoms with Gasteiger partial charge < -0.3 is 4.18 Å². The van der Waals surface area contributed by atoms with E-state index in [1.165, 1.54) is 0 Å². The number of hydrogen-bond acceptors (Lipinski definition) is 3. The van der Waals surface area contributed by atoms with Gasteiger partial charge in [-0.2, -0.15) is 13.0 Å². The minimum Gasteiger partial charge on any atom is -0.305 e. The maximum Gasteiger partial charge on any atom is 0.450 e. The van der Waals surface area contributed by atoms with Gasteiger partial charge >= 0.3 is 16.3 Å². The van der Waals surface area contributed by atoms with Crippen molar-refractivity contribution in [3.05, 3.63) is 0 Å². The van der Waals surface area contributed by atoms with Gasteiger partial charge in [0.25, 0.3) is 0 Å². The van der Waals surface area contributed by atoms with Crippen molar-refractivity contribution in [3.8, 4) is 0 Å². The van der Waals surface area contributed by atoms with E-state index in [2.05, 4.69) is 4.18 Å². The molecule has 0 aromatic heterocycles. The highest BCUT2D eigenvalue weighted by Crippen LogP contribution is 2.12. The van der Waals surface area contributed by atoms with Crippen LogP contribution in [0.25, 0.3) is 0 Å². The largest absolute Gasteiger partial charge is 0.450 e. The summed E-state index contributed by atoms with van der Waals surface area (Å²) in [7, 11) is -4.36. The van der Waals surface area contributed by atoms with E-state index in [4.69, 9.17) is 4.55 Å². The zero-order valence-corrected chi connectivity index (χ0v) is 9.25. The summed E-state index contributed by atoms with van der Waals surface area (Å²) in [6.45, 7) is 4.81. The Morgan fingerprint density at radius 1 is 1.64 bits per heavy atom. The van der Waals surface area contributed by atoms with Crippen LogP contribution in [-0.2, 0) is 14.6 Å². The molecular weight excluding hydrogens is 206 g/mol. The summed E-state index contributed by atoms with van der Waals surface area (Å²) >= 11 is 0. The quantitative estimate of drug-likeness (QED) is 0.567. The van der Waals surface area contributed by atoms with Gasteiger partial charge in [0.05, 0.1) is 6.42 Å². The van der Waals surface area contributed by atoms with Crippen LogP contribution in [0.2, 0.25) is 0 Å². The van der Waals surface area contributed by atoms with Crippen LogP contribution in [0.3, 0.4) is 0 Å². The van der Waals surface area contributed by atoms with E-state index in [1.807, 2.05) is 18.4 Å². The molecule has 0 spiro atoms. The van der Waals surface area contributed by atoms with Crippen LogP contribution in [-0.4, -0.2) is 36.0 Å². The van der Waals surface area contributed by atoms with E-state index in [1.54, 1.807) is 0 Å². The molecule has 1 atom stereocenters. The normalized spacial score (nSPS) is 19.9. The number of hydrogen-bond donors (Lipinski definition) is 1. The topological polar surface area (TPSA) is 66.6 Å². The van der Waals surface area contributed by atoms with Crippen molar-refractivity contribution >= 4 is 16.3 Å². The summed E-state index contributed by atoms with van der Waals surface area (Å²) < 4.78 is 36.0. The van der Waals surface area contributed by atoms with Crippen molar-refractivity contribution in [2.45, 2.75) is 39.2 Å². The van der Waals surface area contributed by atoms with Crippen molar-refractivity contribution in [1.29, 1.82) is 0 Å². The molecule has 0 radical (unpaired) electrons. The fraction of sp³-hybridized carbons (Fsp3) is 0.875. The molecule has 82 valence electrons. The molecule has 1 aliphatic heterocycles. The first-order valence-electron chi connectivity index (χ1n) is 4.73. The predicted octanol–water partition coefficient (Wildman–Crippen LogP) is 0.809. The molecule has 0 aromatic carbocycles. The fourth-order valence-corrected chi connectivity index (χ4v) is 1.99. The van der Waals surface area contributed by atoms with Crippen molar-refractivity contribution in [3.63, 3.8) is 0 Å². The van der Waals surface area contributed by atoms with Gasteiger partial charge in [-0.05, 0) is 6.92 Å². The lowest BCUT2D eigenvalue weighted by Crippen LogP contribution is -2.27. The van der Waals surface area contributed by atoms with Crippen LogP contribution in [0.15, 0.2) is 0 Å². The Morgan fingerprint density at radius 3 is 2.79 bits per heavy atom. The molecule has 0 saturated heterocycles. The van der Waals surface area contributed by atoms with E-state index in [9.17, 15) is 8.42 Å². The van der Waals surface area contributed by atoms with Gasteiger partial charge in [0.2, 0.25) is 0 Å². The van der Waals surface area contributed by atoms with Crippen LogP contribution >= 0.6 is 0 Å². The zero-order chi connectivity index (χ0) is 10.8. The highest BCUT2D eigenvalue weighted by atomic mass is 32.3. The predicted molar refractivity (Wildman–Crippen MR) is 51.8 cm³/mol. The lowest BCUT2D eigenvalue weighted by molar-refractivity contribution is -0.561. The zero-order valence-electron chi connectivity index (χ0n) is 8.43. The first kappa shape index (κ1) is 11.5. The van der Waals surface area contributed by atoms with Crippen molar-refractivity contribution in [1.82, 2.24) is 0 Å². The molecule has 6 heteroatoms. The van der Waals surface area contributed by atoms with Gasteiger partial charge in [-0.3, -0.25) is 4.55 Å². The van der Waals surface area contributed by atoms with E-state index < -0.39 is 10.4 Å². The molecule has 5 nitrogen and oxygen atoms in total. The van der Waals surface area contributed by atoms with Gasteiger partial charge in [-0.15, -0.1) is 0 Å². The molecule has 0 bridgehead atoms. The second-order valence-corrected chi connectivity index (χ2v) is 4.48. The highest BCUT2D eigenvalue weighted by Gasteiger charge is 2.30. The maximum absolute atomic E-state index is 10.5. The lowest BCUT2D eigenvalue weighted by atomic mass is 10.2. The van der Waals surface area contributed by atoms with Crippen molar-refractivity contribution in [2.75, 3.05) is 6.54 Å². The average molecular weight is 222 g/mol. The fourth-order valence-electron chi connectivity index (χ4n) is 1.57. The summed E-state index contributed by atoms with van der Waals surface area (Å²) in [4.78, 5) is 0. The van der Waals surface area contributed by atoms with Crippen LogP contribution < -0.4 is 0 Å². The third kappa shape index (κ3) is 2.95. The average Bonchev–Trinajstić information content (AvgIpc) is 2.48. The Morgan fingerprint density at radius 2 is 2.29 bits per heavy atom. The third-order valence-electron chi connectivity index (χ3n) is 2.43. The Kier molecular flexibility index (Phi) is 3.49. The van der Waals surface area contributed by atoms with Gasteiger partial charge in [-0.25, -0.2) is 0 Å². The SMILES string of the molecule is CCC(C)[N+]1=C(OS(=O)(=O)O)CCC1. The summed E-state index contributed by atoms with van der Waals surface area (Å²) in [5.74, 6) is 0.363. The molecule has 0 aliphatic carbocycles. The van der Waals surface area contributed by atoms with E-state index >= 15 is 0 Å². The molecule has 1 N–H and O–H groups in total. The highest BCUT2D eigenvalue weighted by molar-refractivity contribution is 7.81. The molecule has 0 fully saturated rings. The second kappa shape index (κ2) is 4.27. The molecule has 1 heterocycles. The summed E-state index contributed by atoms with van der Waals surface area (Å²) in [5, 5.41) is 0. The molecule has 0 saturated carbocycles. The monoisotopic (exact) mass is 222 g/mol. The van der Waals surface area contributed by atoms with Gasteiger partial charge in [0, 0.05) is 12.8 Å². The van der Waals surface area contributed by atoms with Gasteiger partial charge in [0.15, 0.2) is 6.04 Å². The van der Waals surface area contributed by atoms with Crippen LogP contribution in [0.1, 0.15) is 33.1 Å². The van der Waals surface area contributed by atoms with Crippen LogP contribution in [0.4, 0.5) is 0 Å². The number of rotatable bonds is 3. The Bertz CT molecular complexity index is 333. The third-order valence-corrected chi connectivity index (χ3v) is 2.84. The van der Waals surface area contributed by atoms with Crippen molar-refractivity contribution < 1.29 is 21.7 Å². The molecule has 1 rings (SSSR count). The standard InChI is InChI=1S/C8H15NO4S/c1-3-7(2)9-6-4-5-8(9)13-14(10,11)12/h7H,3-6H2,1-2H3/p+1. The van der Waals surface area contributed by atoms with Crippen LogP contribution in [0, 0.1) is 0 Å². The lowest BCUT2D eigenvalue weighted by Gasteiger charge is -2.07. The maximum atomic E-state index is 10.5. The number of nitrogens with zero attached hydrogens (tertiary/aromatic N) is 1. The molecule has 14 heavy (non-hydrogen) atoms. The second-order valence-electron chi connectivity index (χ2n) is 3.46. The first-order chi connectivity index (χ1) is 6.44. The van der Waals surface area contributed by atoms with E-state index in [0.717, 1.165) is 19.4 Å². The summed E-state index contributed by atoms with van der Waals surface area (Å²) in [6.07, 6.45) is 2.36. The van der Waals surface area contributed by atoms with Gasteiger partial charge in [-0.1, -0.05) is 6.92 Å². The Balaban J connectivity index is 2.83. The van der Waals surface area contributed by atoms with E-state index in [0.29, 0.717) is 12.3 Å². The minimum atomic E-state index is -4.36. The molecule has 0 amide bonds. The Labute approximate surface area is 84.3 Å². The smallest absolute Gasteiger partial charge is 0.305 e. The van der Waals surface area contributed by atoms with Gasteiger partial charge in [0.1, 0.15) is 6.54 Å².